The molecular formula is C11H8FN3O5. The van der Waals surface area contributed by atoms with Gasteiger partial charge in [0.2, 0.25) is 0 Å². The molecule has 0 unspecified atom stereocenters. The molecule has 0 fully saturated rings. The highest BCUT2D eigenvalue weighted by molar-refractivity contribution is 5.93. The zero-order valence-electron chi connectivity index (χ0n) is 9.87. The van der Waals surface area contributed by atoms with E-state index in [1.807, 2.05) is 0 Å². The van der Waals surface area contributed by atoms with Crippen molar-refractivity contribution >= 4 is 17.3 Å². The van der Waals surface area contributed by atoms with Gasteiger partial charge in [0, 0.05) is 6.07 Å². The number of hydrogen-bond acceptors (Lipinski definition) is 6. The Hall–Kier alpha value is -2.97. The first kappa shape index (κ1) is 13.5. The van der Waals surface area contributed by atoms with Gasteiger partial charge in [0.25, 0.3) is 5.69 Å². The summed E-state index contributed by atoms with van der Waals surface area (Å²) in [6.45, 7) is 0.0633. The molecule has 0 saturated carbocycles. The first-order valence-electron chi connectivity index (χ1n) is 5.33. The third kappa shape index (κ3) is 2.71. The number of aromatic carboxylic acids is 1. The summed E-state index contributed by atoms with van der Waals surface area (Å²) in [5, 5.41) is 25.6. The van der Waals surface area contributed by atoms with Crippen LogP contribution in [0.2, 0.25) is 0 Å². The minimum Gasteiger partial charge on any atom is -0.477 e. The summed E-state index contributed by atoms with van der Waals surface area (Å²) in [6, 6.07) is 2.97. The molecule has 1 aromatic carbocycles. The van der Waals surface area contributed by atoms with Crippen LogP contribution in [-0.4, -0.2) is 21.2 Å². The van der Waals surface area contributed by atoms with E-state index in [1.165, 1.54) is 12.3 Å². The van der Waals surface area contributed by atoms with Gasteiger partial charge >= 0.3 is 5.97 Å². The number of nitro benzene ring substituents is 1. The highest BCUT2D eigenvalue weighted by Gasteiger charge is 2.23. The van der Waals surface area contributed by atoms with E-state index >= 15 is 0 Å². The van der Waals surface area contributed by atoms with E-state index in [-0.39, 0.29) is 12.2 Å². The molecule has 0 spiro atoms. The van der Waals surface area contributed by atoms with Gasteiger partial charge in [-0.05, 0) is 6.07 Å². The minimum absolute atomic E-state index is 0.0633. The number of carboxylic acid groups (broad SMARTS) is 1. The molecule has 2 N–H and O–H groups in total. The second-order valence-corrected chi connectivity index (χ2v) is 3.74. The number of rotatable bonds is 5. The molecule has 0 radical (unpaired) electrons. The minimum atomic E-state index is -1.51. The Morgan fingerprint density at radius 1 is 1.55 bits per heavy atom. The fraction of sp³-hybridized carbons (Fsp3) is 0.0909. The van der Waals surface area contributed by atoms with Crippen LogP contribution in [-0.2, 0) is 6.54 Å². The summed E-state index contributed by atoms with van der Waals surface area (Å²) >= 11 is 0. The van der Waals surface area contributed by atoms with Crippen molar-refractivity contribution in [1.82, 2.24) is 5.16 Å². The first-order valence-corrected chi connectivity index (χ1v) is 5.33. The summed E-state index contributed by atoms with van der Waals surface area (Å²) < 4.78 is 18.5. The van der Waals surface area contributed by atoms with Crippen molar-refractivity contribution in [3.05, 3.63) is 51.7 Å². The zero-order chi connectivity index (χ0) is 14.7. The van der Waals surface area contributed by atoms with Gasteiger partial charge in [0.15, 0.2) is 11.6 Å². The average Bonchev–Trinajstić information content (AvgIpc) is 2.89. The number of nitro groups is 1. The number of carbonyl (C=O) groups is 1. The number of carboxylic acids is 1. The predicted molar refractivity (Wildman–Crippen MR) is 63.8 cm³/mol. The lowest BCUT2D eigenvalue weighted by atomic mass is 10.1. The summed E-state index contributed by atoms with van der Waals surface area (Å²) in [6.07, 6.45) is 1.39. The van der Waals surface area contributed by atoms with E-state index in [0.717, 1.165) is 6.07 Å². The molecule has 20 heavy (non-hydrogen) atoms. The number of halogens is 1. The van der Waals surface area contributed by atoms with Gasteiger partial charge in [0.1, 0.15) is 5.56 Å². The number of nitrogens with zero attached hydrogens (tertiary/aromatic N) is 2. The van der Waals surface area contributed by atoms with Crippen molar-refractivity contribution in [1.29, 1.82) is 0 Å². The molecule has 0 atom stereocenters. The van der Waals surface area contributed by atoms with Crippen molar-refractivity contribution in [2.45, 2.75) is 6.54 Å². The van der Waals surface area contributed by atoms with Gasteiger partial charge in [0.05, 0.1) is 29.4 Å². The van der Waals surface area contributed by atoms with E-state index in [9.17, 15) is 19.3 Å². The van der Waals surface area contributed by atoms with Gasteiger partial charge in [-0.2, -0.15) is 0 Å². The van der Waals surface area contributed by atoms with E-state index in [4.69, 9.17) is 9.63 Å². The van der Waals surface area contributed by atoms with E-state index < -0.39 is 28.0 Å². The molecule has 0 bridgehead atoms. The van der Waals surface area contributed by atoms with Crippen LogP contribution in [0.5, 0.6) is 0 Å². The third-order valence-electron chi connectivity index (χ3n) is 2.46. The van der Waals surface area contributed by atoms with Crippen LogP contribution >= 0.6 is 0 Å². The fourth-order valence-electron chi connectivity index (χ4n) is 1.54. The van der Waals surface area contributed by atoms with Crippen molar-refractivity contribution in [2.75, 3.05) is 5.32 Å². The smallest absolute Gasteiger partial charge is 0.342 e. The predicted octanol–water partition coefficient (Wildman–Crippen LogP) is 2.03. The van der Waals surface area contributed by atoms with Crippen LogP contribution in [0.1, 0.15) is 16.1 Å². The van der Waals surface area contributed by atoms with Gasteiger partial charge in [-0.3, -0.25) is 10.1 Å². The second-order valence-electron chi connectivity index (χ2n) is 3.74. The van der Waals surface area contributed by atoms with Crippen molar-refractivity contribution in [2.24, 2.45) is 0 Å². The lowest BCUT2D eigenvalue weighted by Crippen LogP contribution is -2.07. The first-order chi connectivity index (χ1) is 9.49. The van der Waals surface area contributed by atoms with Crippen LogP contribution < -0.4 is 5.32 Å². The standard InChI is InChI=1S/C11H8FN3O5/c12-8-4-10(15(18)19)7(11(16)17)3-9(8)13-5-6-1-2-14-20-6/h1-4,13H,5H2,(H,16,17). The van der Waals surface area contributed by atoms with Crippen molar-refractivity contribution in [3.63, 3.8) is 0 Å². The molecule has 8 nitrogen and oxygen atoms in total. The Labute approximate surface area is 111 Å². The number of benzene rings is 1. The topological polar surface area (TPSA) is 118 Å². The molecule has 2 rings (SSSR count). The Balaban J connectivity index is 2.31. The zero-order valence-corrected chi connectivity index (χ0v) is 9.87. The van der Waals surface area contributed by atoms with E-state index in [2.05, 4.69) is 10.5 Å². The molecule has 0 aliphatic heterocycles. The number of nitrogens with one attached hydrogen (secondary N) is 1. The largest absolute Gasteiger partial charge is 0.477 e. The lowest BCUT2D eigenvalue weighted by Gasteiger charge is -2.07. The highest BCUT2D eigenvalue weighted by Crippen LogP contribution is 2.26. The second kappa shape index (κ2) is 5.34. The molecular weight excluding hydrogens is 273 g/mol. The highest BCUT2D eigenvalue weighted by atomic mass is 19.1. The molecule has 2 aromatic rings. The normalized spacial score (nSPS) is 10.2. The summed E-state index contributed by atoms with van der Waals surface area (Å²) in [5.74, 6) is -2.04. The Morgan fingerprint density at radius 3 is 2.85 bits per heavy atom. The van der Waals surface area contributed by atoms with Crippen LogP contribution in [0.15, 0.2) is 28.9 Å². The van der Waals surface area contributed by atoms with Crippen molar-refractivity contribution in [3.8, 4) is 0 Å². The lowest BCUT2D eigenvalue weighted by molar-refractivity contribution is -0.385. The molecule has 104 valence electrons. The van der Waals surface area contributed by atoms with Gasteiger partial charge in [-0.25, -0.2) is 9.18 Å². The maximum absolute atomic E-state index is 13.7. The van der Waals surface area contributed by atoms with Crippen LogP contribution in [0.4, 0.5) is 15.8 Å². The van der Waals surface area contributed by atoms with E-state index in [0.29, 0.717) is 11.8 Å². The summed E-state index contributed by atoms with van der Waals surface area (Å²) in [5.41, 5.74) is -1.58. The quantitative estimate of drug-likeness (QED) is 0.635. The number of aromatic nitrogens is 1. The van der Waals surface area contributed by atoms with Crippen LogP contribution in [0, 0.1) is 15.9 Å². The fourth-order valence-corrected chi connectivity index (χ4v) is 1.54. The number of anilines is 1. The monoisotopic (exact) mass is 281 g/mol. The van der Waals surface area contributed by atoms with Gasteiger partial charge < -0.3 is 14.9 Å². The molecule has 0 amide bonds. The Bertz CT molecular complexity index is 656. The van der Waals surface area contributed by atoms with Crippen LogP contribution in [0.3, 0.4) is 0 Å². The maximum Gasteiger partial charge on any atom is 0.342 e. The van der Waals surface area contributed by atoms with Crippen molar-refractivity contribution < 1.29 is 23.7 Å². The number of hydrogen-bond donors (Lipinski definition) is 2. The van der Waals surface area contributed by atoms with E-state index in [1.54, 1.807) is 0 Å². The molecule has 0 aliphatic rings. The van der Waals surface area contributed by atoms with Gasteiger partial charge in [-0.15, -0.1) is 0 Å². The Kier molecular flexibility index (Phi) is 3.60. The summed E-state index contributed by atoms with van der Waals surface area (Å²) in [4.78, 5) is 20.7. The molecule has 1 heterocycles. The third-order valence-corrected chi connectivity index (χ3v) is 2.46. The average molecular weight is 281 g/mol. The maximum atomic E-state index is 13.7. The summed E-state index contributed by atoms with van der Waals surface area (Å²) in [7, 11) is 0. The molecule has 1 aromatic heterocycles. The van der Waals surface area contributed by atoms with Crippen LogP contribution in [0.25, 0.3) is 0 Å². The molecule has 0 aliphatic carbocycles. The molecule has 0 saturated heterocycles. The molecule has 9 heteroatoms. The Morgan fingerprint density at radius 2 is 2.30 bits per heavy atom. The SMILES string of the molecule is O=C(O)c1cc(NCc2ccno2)c(F)cc1[N+](=O)[O-]. The van der Waals surface area contributed by atoms with Gasteiger partial charge in [-0.1, -0.05) is 5.16 Å².